The van der Waals surface area contributed by atoms with Crippen molar-refractivity contribution in [2.45, 2.75) is 0 Å². The first-order chi connectivity index (χ1) is 28.6. The van der Waals surface area contributed by atoms with Crippen LogP contribution in [0.4, 0.5) is 0 Å². The Labute approximate surface area is 333 Å². The maximum Gasteiger partial charge on any atom is 0.104 e. The summed E-state index contributed by atoms with van der Waals surface area (Å²) < 4.78 is 4.30. The van der Waals surface area contributed by atoms with Gasteiger partial charge in [-0.2, -0.15) is 21.0 Å². The molecule has 2 aromatic heterocycles. The molecule has 0 aliphatic carbocycles. The lowest BCUT2D eigenvalue weighted by molar-refractivity contribution is 1.12. The summed E-state index contributed by atoms with van der Waals surface area (Å²) >= 11 is 0. The topological polar surface area (TPSA) is 105 Å². The highest BCUT2D eigenvalue weighted by Gasteiger charge is 2.24. The molecule has 0 spiro atoms. The Morgan fingerprint density at radius 3 is 1.09 bits per heavy atom. The van der Waals surface area contributed by atoms with Gasteiger partial charge >= 0.3 is 0 Å². The van der Waals surface area contributed by atoms with Crippen LogP contribution in [0.15, 0.2) is 170 Å². The third kappa shape index (κ3) is 5.16. The highest BCUT2D eigenvalue weighted by molar-refractivity contribution is 6.12. The number of nitriles is 4. The number of benzene rings is 8. The van der Waals surface area contributed by atoms with Gasteiger partial charge in [-0.3, -0.25) is 0 Å². The molecule has 0 saturated carbocycles. The maximum atomic E-state index is 11.4. The monoisotopic (exact) mass is 736 g/mol. The zero-order valence-corrected chi connectivity index (χ0v) is 30.8. The summed E-state index contributed by atoms with van der Waals surface area (Å²) in [4.78, 5) is 0. The molecule has 0 aliphatic rings. The second-order valence-corrected chi connectivity index (χ2v) is 14.1. The molecule has 266 valence electrons. The summed E-state index contributed by atoms with van der Waals surface area (Å²) in [7, 11) is 0. The zero-order valence-electron chi connectivity index (χ0n) is 30.8. The fourth-order valence-electron chi connectivity index (χ4n) is 8.53. The second-order valence-electron chi connectivity index (χ2n) is 14.1. The van der Waals surface area contributed by atoms with E-state index < -0.39 is 0 Å². The van der Waals surface area contributed by atoms with Crippen LogP contribution in [0.1, 0.15) is 22.3 Å². The van der Waals surface area contributed by atoms with Gasteiger partial charge in [-0.1, -0.05) is 103 Å². The molecule has 0 fully saturated rings. The maximum absolute atomic E-state index is 11.4. The highest BCUT2D eigenvalue weighted by atomic mass is 15.0. The molecule has 2 heterocycles. The lowest BCUT2D eigenvalue weighted by Gasteiger charge is -2.19. The quantitative estimate of drug-likeness (QED) is 0.175. The third-order valence-corrected chi connectivity index (χ3v) is 11.1. The van der Waals surface area contributed by atoms with Crippen LogP contribution in [0.3, 0.4) is 0 Å². The Hall–Kier alpha value is -8.68. The molecule has 0 amide bonds. The van der Waals surface area contributed by atoms with Crippen molar-refractivity contribution < 1.29 is 0 Å². The molecule has 10 rings (SSSR count). The Morgan fingerprint density at radius 1 is 0.310 bits per heavy atom. The zero-order chi connectivity index (χ0) is 39.3. The summed E-state index contributed by atoms with van der Waals surface area (Å²) in [5, 5.41) is 45.5. The number of para-hydroxylation sites is 2. The molecule has 58 heavy (non-hydrogen) atoms. The van der Waals surface area contributed by atoms with Gasteiger partial charge in [-0.15, -0.1) is 0 Å². The van der Waals surface area contributed by atoms with Crippen molar-refractivity contribution in [1.82, 2.24) is 9.13 Å². The molecule has 0 radical (unpaired) electrons. The predicted octanol–water partition coefficient (Wildman–Crippen LogP) is 12.4. The lowest BCUT2D eigenvalue weighted by Crippen LogP contribution is -2.05. The normalized spacial score (nSPS) is 11.0. The number of hydrogen-bond donors (Lipinski definition) is 0. The van der Waals surface area contributed by atoms with Crippen LogP contribution in [0.2, 0.25) is 0 Å². The number of nitrogens with zero attached hydrogens (tertiary/aromatic N) is 6. The van der Waals surface area contributed by atoms with Gasteiger partial charge < -0.3 is 9.13 Å². The first-order valence-corrected chi connectivity index (χ1v) is 18.8. The van der Waals surface area contributed by atoms with Gasteiger partial charge in [-0.25, -0.2) is 0 Å². The number of hydrogen-bond acceptors (Lipinski definition) is 4. The summed E-state index contributed by atoms with van der Waals surface area (Å²) in [5.74, 6) is 0. The second kappa shape index (κ2) is 13.6. The van der Waals surface area contributed by atoms with Crippen molar-refractivity contribution >= 4 is 43.6 Å². The fraction of sp³-hybridized carbons (Fsp3) is 0. The largest absolute Gasteiger partial charge is 0.308 e. The van der Waals surface area contributed by atoms with Gasteiger partial charge in [0.1, 0.15) is 11.6 Å². The van der Waals surface area contributed by atoms with E-state index in [9.17, 15) is 21.0 Å². The van der Waals surface area contributed by atoms with Crippen molar-refractivity contribution in [2.75, 3.05) is 0 Å². The van der Waals surface area contributed by atoms with E-state index in [-0.39, 0.29) is 0 Å². The van der Waals surface area contributed by atoms with Crippen LogP contribution in [0.25, 0.3) is 88.4 Å². The lowest BCUT2D eigenvalue weighted by atomic mass is 9.96. The number of aromatic nitrogens is 2. The van der Waals surface area contributed by atoms with Crippen molar-refractivity contribution in [1.29, 1.82) is 21.0 Å². The standard InChI is InChI=1S/C52H28N6/c53-29-35-11-1-4-14-39(35)33-21-23-49-44(25-33)42-17-7-9-19-47(42)57(49)51-27-38(41-16-6-3-13-37(41)31-55)28-52(46(51)32-56)58-48-20-10-8-18-43(48)45-26-34(22-24-50(45)58)40-15-5-2-12-36(40)30-54/h1-28H. The third-order valence-electron chi connectivity index (χ3n) is 11.1. The van der Waals surface area contributed by atoms with E-state index in [1.54, 1.807) is 0 Å². The van der Waals surface area contributed by atoms with E-state index >= 15 is 0 Å². The van der Waals surface area contributed by atoms with Crippen LogP contribution >= 0.6 is 0 Å². The molecule has 10 aromatic rings. The van der Waals surface area contributed by atoms with Gasteiger partial charge in [0.25, 0.3) is 0 Å². The highest BCUT2D eigenvalue weighted by Crippen LogP contribution is 2.42. The average Bonchev–Trinajstić information content (AvgIpc) is 3.80. The first-order valence-electron chi connectivity index (χ1n) is 18.8. The Bertz CT molecular complexity index is 3320. The van der Waals surface area contributed by atoms with Gasteiger partial charge in [0.05, 0.1) is 68.3 Å². The smallest absolute Gasteiger partial charge is 0.104 e. The molecule has 0 unspecified atom stereocenters. The predicted molar refractivity (Wildman–Crippen MR) is 230 cm³/mol. The summed E-state index contributed by atoms with van der Waals surface area (Å²) in [6.07, 6.45) is 0. The van der Waals surface area contributed by atoms with Crippen molar-refractivity contribution in [2.24, 2.45) is 0 Å². The Morgan fingerprint density at radius 2 is 0.672 bits per heavy atom. The van der Waals surface area contributed by atoms with E-state index in [4.69, 9.17) is 0 Å². The number of rotatable bonds is 5. The molecule has 0 atom stereocenters. The molecule has 0 N–H and O–H groups in total. The molecule has 0 aliphatic heterocycles. The summed E-state index contributed by atoms with van der Waals surface area (Å²) in [6, 6.07) is 65.3. The molecule has 0 saturated heterocycles. The van der Waals surface area contributed by atoms with Crippen LogP contribution in [0, 0.1) is 45.3 Å². The van der Waals surface area contributed by atoms with E-state index in [0.717, 1.165) is 77.0 Å². The molecule has 6 heteroatoms. The van der Waals surface area contributed by atoms with Crippen molar-refractivity contribution in [3.05, 3.63) is 192 Å². The minimum Gasteiger partial charge on any atom is -0.308 e. The van der Waals surface area contributed by atoms with E-state index in [0.29, 0.717) is 33.6 Å². The minimum absolute atomic E-state index is 0.460. The summed E-state index contributed by atoms with van der Waals surface area (Å²) in [6.45, 7) is 0. The van der Waals surface area contributed by atoms with Crippen molar-refractivity contribution in [3.8, 4) is 69.0 Å². The van der Waals surface area contributed by atoms with Crippen LogP contribution < -0.4 is 0 Å². The fourth-order valence-corrected chi connectivity index (χ4v) is 8.53. The van der Waals surface area contributed by atoms with Gasteiger partial charge in [0, 0.05) is 21.5 Å². The number of fused-ring (bicyclic) bond motifs is 6. The molecule has 0 bridgehead atoms. The van der Waals surface area contributed by atoms with Crippen LogP contribution in [0.5, 0.6) is 0 Å². The van der Waals surface area contributed by atoms with Gasteiger partial charge in [0.2, 0.25) is 0 Å². The van der Waals surface area contributed by atoms with Gasteiger partial charge in [-0.05, 0) is 100 Å². The molecule has 6 nitrogen and oxygen atoms in total. The Balaban J connectivity index is 1.31. The van der Waals surface area contributed by atoms with Gasteiger partial charge in [0.15, 0.2) is 0 Å². The van der Waals surface area contributed by atoms with Crippen molar-refractivity contribution in [3.63, 3.8) is 0 Å². The van der Waals surface area contributed by atoms with Crippen LogP contribution in [-0.2, 0) is 0 Å². The minimum atomic E-state index is 0.460. The van der Waals surface area contributed by atoms with E-state index in [1.165, 1.54) is 0 Å². The molecule has 8 aromatic carbocycles. The molecular weight excluding hydrogens is 709 g/mol. The SMILES string of the molecule is N#Cc1ccccc1-c1cc(-n2c3ccccc3c3cc(-c4ccccc4C#N)ccc32)c(C#N)c(-n2c3ccccc3c3cc(-c4ccccc4C#N)ccc32)c1. The summed E-state index contributed by atoms with van der Waals surface area (Å²) in [5.41, 5.74) is 12.2. The van der Waals surface area contributed by atoms with E-state index in [1.807, 2.05) is 121 Å². The van der Waals surface area contributed by atoms with E-state index in [2.05, 4.69) is 81.9 Å². The first kappa shape index (κ1) is 33.9. The average molecular weight is 737 g/mol. The molecular formula is C52H28N6. The van der Waals surface area contributed by atoms with Crippen LogP contribution in [-0.4, -0.2) is 9.13 Å². The Kier molecular flexibility index (Phi) is 7.92.